The lowest BCUT2D eigenvalue weighted by Gasteiger charge is -2.17. The van der Waals surface area contributed by atoms with Crippen molar-refractivity contribution in [3.8, 4) is 0 Å². The monoisotopic (exact) mass is 657 g/mol. The molecule has 7 rings (SSSR count). The van der Waals surface area contributed by atoms with Crippen LogP contribution in [0.3, 0.4) is 0 Å². The van der Waals surface area contributed by atoms with Crippen molar-refractivity contribution in [2.45, 2.75) is 66.9 Å². The second-order valence-electron chi connectivity index (χ2n) is 13.3. The second-order valence-corrected chi connectivity index (χ2v) is 13.3. The van der Waals surface area contributed by atoms with Gasteiger partial charge in [-0.3, -0.25) is 15.1 Å². The number of benzene rings is 1. The largest absolute Gasteiger partial charge is 0.469 e. The number of methoxy groups -OCH3 is 1. The minimum Gasteiger partial charge on any atom is -0.469 e. The summed E-state index contributed by atoms with van der Waals surface area (Å²) in [5.41, 5.74) is 19.7. The Kier molecular flexibility index (Phi) is 8.81. The van der Waals surface area contributed by atoms with Crippen molar-refractivity contribution in [3.63, 3.8) is 0 Å². The fourth-order valence-corrected chi connectivity index (χ4v) is 7.63. The highest BCUT2D eigenvalue weighted by molar-refractivity contribution is 6.21. The summed E-state index contributed by atoms with van der Waals surface area (Å²) < 4.78 is 5.05. The van der Waals surface area contributed by atoms with Gasteiger partial charge in [0.2, 0.25) is 0 Å². The Morgan fingerprint density at radius 3 is 2.41 bits per heavy atom. The first kappa shape index (κ1) is 32.7. The zero-order chi connectivity index (χ0) is 34.4. The van der Waals surface area contributed by atoms with Crippen molar-refractivity contribution in [1.29, 1.82) is 0 Å². The molecule has 1 saturated heterocycles. The first-order chi connectivity index (χ1) is 23.7. The number of aliphatic imine (C=N–C) groups is 3. The molecule has 0 saturated carbocycles. The molecular weight excluding hydrogens is 614 g/mol. The number of hydrogen-bond donors (Lipinski definition) is 3. The van der Waals surface area contributed by atoms with Gasteiger partial charge in [0.05, 0.1) is 60.2 Å². The van der Waals surface area contributed by atoms with E-state index in [-0.39, 0.29) is 24.4 Å². The van der Waals surface area contributed by atoms with Crippen molar-refractivity contribution >= 4 is 23.1 Å². The molecule has 0 spiro atoms. The summed E-state index contributed by atoms with van der Waals surface area (Å²) in [6.07, 6.45) is 8.53. The van der Waals surface area contributed by atoms with Gasteiger partial charge in [0.25, 0.3) is 0 Å². The molecule has 252 valence electrons. The molecule has 6 aliphatic rings. The number of hydrogen-bond acceptors (Lipinski definition) is 9. The molecule has 0 unspecified atom stereocenters. The average molecular weight is 658 g/mol. The van der Waals surface area contributed by atoms with Crippen LogP contribution in [0.15, 0.2) is 137 Å². The number of nitrogens with zero attached hydrogens (tertiary/aromatic N) is 3. The molecule has 0 amide bonds. The summed E-state index contributed by atoms with van der Waals surface area (Å²) in [5.74, 6) is -0.148. The summed E-state index contributed by atoms with van der Waals surface area (Å²) >= 11 is 0. The van der Waals surface area contributed by atoms with Gasteiger partial charge in [-0.2, -0.15) is 0 Å². The minimum atomic E-state index is -0.230. The molecule has 2 atom stereocenters. The molecule has 9 nitrogen and oxygen atoms in total. The smallest absolute Gasteiger partial charge is 0.305 e. The summed E-state index contributed by atoms with van der Waals surface area (Å²) in [7, 11) is 1.43. The topological polar surface area (TPSA) is 117 Å². The molecule has 1 aromatic rings. The standard InChI is InChI=1S/C40H43N5O4/c1-7-26-21(2)31-17-35-29(19-46)23(4)30(42-35)16-32-22(3)27(13-14-37(47)48-6)39(43-32)28-15-36(45-49-20-25-11-9-8-10-12-25)38-24(5)33(44-40(28)38)18-34(26)41-31/h8-12,16-18,22,27,43,45-46H,7,13-15,19-20H2,1-6H3/t22-,27-/m0/s1. The number of aliphatic hydroxyl groups is 1. The number of fused-ring (bicyclic) bond motifs is 5. The van der Waals surface area contributed by atoms with Gasteiger partial charge < -0.3 is 15.2 Å². The number of aliphatic hydroxyl groups excluding tert-OH is 1. The van der Waals surface area contributed by atoms with E-state index in [4.69, 9.17) is 24.6 Å². The molecule has 5 heterocycles. The Morgan fingerprint density at radius 1 is 0.980 bits per heavy atom. The van der Waals surface area contributed by atoms with Crippen molar-refractivity contribution in [2.75, 3.05) is 13.7 Å². The van der Waals surface area contributed by atoms with E-state index in [0.29, 0.717) is 25.9 Å². The molecule has 8 bridgehead atoms. The van der Waals surface area contributed by atoms with E-state index in [9.17, 15) is 9.90 Å². The van der Waals surface area contributed by atoms with E-state index >= 15 is 0 Å². The zero-order valence-electron chi connectivity index (χ0n) is 29.0. The average Bonchev–Trinajstić information content (AvgIpc) is 3.86. The number of rotatable bonds is 9. The number of carbonyl (C=O) groups is 1. The van der Waals surface area contributed by atoms with Crippen molar-refractivity contribution in [3.05, 3.63) is 127 Å². The number of carbonyl (C=O) groups excluding carboxylic acids is 1. The molecular formula is C40H43N5O4. The highest BCUT2D eigenvalue weighted by Gasteiger charge is 2.41. The normalized spacial score (nSPS) is 22.8. The zero-order valence-corrected chi connectivity index (χ0v) is 29.0. The quantitative estimate of drug-likeness (QED) is 0.200. The van der Waals surface area contributed by atoms with Crippen LogP contribution in [0.2, 0.25) is 0 Å². The highest BCUT2D eigenvalue weighted by atomic mass is 16.6. The van der Waals surface area contributed by atoms with Crippen LogP contribution in [-0.2, 0) is 21.0 Å². The third-order valence-electron chi connectivity index (χ3n) is 10.5. The third kappa shape index (κ3) is 5.81. The molecule has 0 radical (unpaired) electrons. The maximum Gasteiger partial charge on any atom is 0.305 e. The maximum atomic E-state index is 12.4. The summed E-state index contributed by atoms with van der Waals surface area (Å²) in [6, 6.07) is 10.1. The van der Waals surface area contributed by atoms with Crippen LogP contribution in [0.4, 0.5) is 0 Å². The summed E-state index contributed by atoms with van der Waals surface area (Å²) in [6.45, 7) is 10.9. The van der Waals surface area contributed by atoms with Crippen LogP contribution in [0, 0.1) is 11.8 Å². The van der Waals surface area contributed by atoms with E-state index in [1.54, 1.807) is 0 Å². The van der Waals surface area contributed by atoms with Gasteiger partial charge in [0, 0.05) is 52.8 Å². The van der Waals surface area contributed by atoms with E-state index in [1.807, 2.05) is 43.3 Å². The van der Waals surface area contributed by atoms with Gasteiger partial charge in [-0.25, -0.2) is 15.0 Å². The molecule has 3 N–H and O–H groups in total. The van der Waals surface area contributed by atoms with Gasteiger partial charge in [-0.1, -0.05) is 44.2 Å². The third-order valence-corrected chi connectivity index (χ3v) is 10.5. The van der Waals surface area contributed by atoms with Crippen LogP contribution < -0.4 is 10.8 Å². The van der Waals surface area contributed by atoms with Gasteiger partial charge in [-0.15, -0.1) is 0 Å². The SMILES string of the molecule is CCC1=C(C)C2=NC1=CC1=C(C)C3=C(NOCc4ccccc4)CC(=C4NC(=CC5=NC(=C2)C(CO)=C5C)[C@@H](C)[C@@H]4CCC(=O)OC)C3=N1. The number of hydroxylamine groups is 1. The fourth-order valence-electron chi connectivity index (χ4n) is 7.63. The summed E-state index contributed by atoms with van der Waals surface area (Å²) in [5, 5.41) is 14.2. The predicted molar refractivity (Wildman–Crippen MR) is 192 cm³/mol. The van der Waals surface area contributed by atoms with Crippen molar-refractivity contribution < 1.29 is 19.5 Å². The van der Waals surface area contributed by atoms with E-state index < -0.39 is 0 Å². The number of ether oxygens (including phenoxy) is 1. The van der Waals surface area contributed by atoms with E-state index in [1.165, 1.54) is 12.7 Å². The predicted octanol–water partition coefficient (Wildman–Crippen LogP) is 6.77. The molecule has 1 aromatic carbocycles. The molecule has 9 heteroatoms. The second kappa shape index (κ2) is 13.2. The Hall–Kier alpha value is -4.86. The van der Waals surface area contributed by atoms with E-state index in [0.717, 1.165) is 96.7 Å². The molecule has 0 aromatic heterocycles. The first-order valence-electron chi connectivity index (χ1n) is 17.1. The fraction of sp³-hybridized carbons (Fsp3) is 0.350. The number of nitrogens with one attached hydrogen (secondary N) is 2. The van der Waals surface area contributed by atoms with Gasteiger partial charge in [0.1, 0.15) is 0 Å². The lowest BCUT2D eigenvalue weighted by Crippen LogP contribution is -2.16. The van der Waals surface area contributed by atoms with Crippen LogP contribution in [0.5, 0.6) is 0 Å². The Morgan fingerprint density at radius 2 is 1.69 bits per heavy atom. The molecule has 5 aliphatic heterocycles. The molecule has 49 heavy (non-hydrogen) atoms. The van der Waals surface area contributed by atoms with E-state index in [2.05, 4.69) is 50.6 Å². The van der Waals surface area contributed by atoms with Crippen LogP contribution in [0.1, 0.15) is 65.9 Å². The van der Waals surface area contributed by atoms with Crippen LogP contribution in [-0.4, -0.2) is 41.9 Å². The Labute approximate surface area is 287 Å². The minimum absolute atomic E-state index is 0.0183. The molecule has 1 fully saturated rings. The molecule has 1 aliphatic carbocycles. The Balaban J connectivity index is 1.40. The van der Waals surface area contributed by atoms with Crippen LogP contribution >= 0.6 is 0 Å². The lowest BCUT2D eigenvalue weighted by atomic mass is 9.86. The van der Waals surface area contributed by atoms with Crippen LogP contribution in [0.25, 0.3) is 0 Å². The van der Waals surface area contributed by atoms with Crippen molar-refractivity contribution in [1.82, 2.24) is 10.8 Å². The lowest BCUT2D eigenvalue weighted by molar-refractivity contribution is -0.140. The van der Waals surface area contributed by atoms with Crippen molar-refractivity contribution in [2.24, 2.45) is 26.8 Å². The van der Waals surface area contributed by atoms with Gasteiger partial charge in [-0.05, 0) is 79.7 Å². The van der Waals surface area contributed by atoms with Gasteiger partial charge >= 0.3 is 5.97 Å². The highest BCUT2D eigenvalue weighted by Crippen LogP contribution is 2.46. The summed E-state index contributed by atoms with van der Waals surface area (Å²) in [4.78, 5) is 33.9. The number of esters is 1. The van der Waals surface area contributed by atoms with Gasteiger partial charge in [0.15, 0.2) is 0 Å². The maximum absolute atomic E-state index is 12.4. The Bertz CT molecular complexity index is 1990. The first-order valence-corrected chi connectivity index (χ1v) is 17.1. The number of allylic oxidation sites excluding steroid dienone is 11.